The Balaban J connectivity index is 1.44. The van der Waals surface area contributed by atoms with Crippen LogP contribution in [0.3, 0.4) is 0 Å². The van der Waals surface area contributed by atoms with Gasteiger partial charge in [-0.2, -0.15) is 0 Å². The van der Waals surface area contributed by atoms with Gasteiger partial charge < -0.3 is 14.5 Å². The highest BCUT2D eigenvalue weighted by atomic mass is 16.5. The van der Waals surface area contributed by atoms with E-state index in [1.807, 2.05) is 47.9 Å². The molecule has 0 radical (unpaired) electrons. The van der Waals surface area contributed by atoms with Gasteiger partial charge in [-0.25, -0.2) is 4.98 Å². The summed E-state index contributed by atoms with van der Waals surface area (Å²) >= 11 is 0. The molecule has 3 aromatic heterocycles. The van der Waals surface area contributed by atoms with Gasteiger partial charge in [-0.15, -0.1) is 0 Å². The SMILES string of the molecule is Cc1cccn2c(CC(=O)NC[C@H](c3ccccn3)N3CCOCC3)cnc12. The van der Waals surface area contributed by atoms with Crippen molar-refractivity contribution in [3.8, 4) is 0 Å². The second kappa shape index (κ2) is 8.50. The van der Waals surface area contributed by atoms with Crippen LogP contribution in [0.2, 0.25) is 0 Å². The summed E-state index contributed by atoms with van der Waals surface area (Å²) in [5.74, 6) is -0.0162. The molecular formula is C21H25N5O2. The quantitative estimate of drug-likeness (QED) is 0.707. The molecule has 28 heavy (non-hydrogen) atoms. The zero-order valence-corrected chi connectivity index (χ0v) is 16.0. The van der Waals surface area contributed by atoms with Gasteiger partial charge in [-0.1, -0.05) is 12.1 Å². The van der Waals surface area contributed by atoms with Crippen LogP contribution in [0.25, 0.3) is 5.65 Å². The van der Waals surface area contributed by atoms with Crippen molar-refractivity contribution in [1.82, 2.24) is 24.6 Å². The molecule has 0 aromatic carbocycles. The van der Waals surface area contributed by atoms with Crippen molar-refractivity contribution in [2.45, 2.75) is 19.4 Å². The largest absolute Gasteiger partial charge is 0.379 e. The maximum Gasteiger partial charge on any atom is 0.226 e. The summed E-state index contributed by atoms with van der Waals surface area (Å²) < 4.78 is 7.45. The van der Waals surface area contributed by atoms with Gasteiger partial charge in [0.15, 0.2) is 0 Å². The Bertz CT molecular complexity index is 934. The number of hydrogen-bond acceptors (Lipinski definition) is 5. The van der Waals surface area contributed by atoms with E-state index in [0.29, 0.717) is 26.2 Å². The van der Waals surface area contributed by atoms with Crippen LogP contribution >= 0.6 is 0 Å². The molecule has 0 spiro atoms. The molecule has 1 N–H and O–H groups in total. The smallest absolute Gasteiger partial charge is 0.226 e. The lowest BCUT2D eigenvalue weighted by Gasteiger charge is -2.34. The van der Waals surface area contributed by atoms with E-state index in [4.69, 9.17) is 4.74 Å². The number of carbonyl (C=O) groups excluding carboxylic acids is 1. The highest BCUT2D eigenvalue weighted by molar-refractivity contribution is 5.78. The Morgan fingerprint density at radius 1 is 1.21 bits per heavy atom. The number of pyridine rings is 2. The molecule has 1 aliphatic rings. The molecule has 1 amide bonds. The van der Waals surface area contributed by atoms with E-state index in [0.717, 1.165) is 35.7 Å². The number of rotatable bonds is 6. The first kappa shape index (κ1) is 18.6. The minimum Gasteiger partial charge on any atom is -0.379 e. The van der Waals surface area contributed by atoms with Crippen LogP contribution in [-0.4, -0.2) is 58.0 Å². The minimum atomic E-state index is -0.0162. The molecule has 0 bridgehead atoms. The summed E-state index contributed by atoms with van der Waals surface area (Å²) in [6.45, 7) is 5.63. The van der Waals surface area contributed by atoms with Crippen LogP contribution in [0.4, 0.5) is 0 Å². The molecule has 3 aromatic rings. The molecular weight excluding hydrogens is 354 g/mol. The summed E-state index contributed by atoms with van der Waals surface area (Å²) in [4.78, 5) is 23.9. The summed E-state index contributed by atoms with van der Waals surface area (Å²) in [7, 11) is 0. The number of fused-ring (bicyclic) bond motifs is 1. The van der Waals surface area contributed by atoms with Crippen molar-refractivity contribution >= 4 is 11.6 Å². The molecule has 0 aliphatic carbocycles. The number of morpholine rings is 1. The van der Waals surface area contributed by atoms with Gasteiger partial charge in [0.1, 0.15) is 5.65 Å². The molecule has 146 valence electrons. The fraction of sp³-hybridized carbons (Fsp3) is 0.381. The van der Waals surface area contributed by atoms with Crippen molar-refractivity contribution < 1.29 is 9.53 Å². The number of amides is 1. The normalized spacial score (nSPS) is 16.2. The number of imidazole rings is 1. The third kappa shape index (κ3) is 4.05. The Morgan fingerprint density at radius 3 is 2.86 bits per heavy atom. The first-order chi connectivity index (χ1) is 13.7. The molecule has 1 fully saturated rings. The first-order valence-corrected chi connectivity index (χ1v) is 9.63. The van der Waals surface area contributed by atoms with Crippen LogP contribution in [0, 0.1) is 6.92 Å². The van der Waals surface area contributed by atoms with Gasteiger partial charge in [-0.05, 0) is 30.7 Å². The number of aryl methyl sites for hydroxylation is 1. The zero-order valence-electron chi connectivity index (χ0n) is 16.0. The average molecular weight is 379 g/mol. The van der Waals surface area contributed by atoms with Crippen LogP contribution in [0.1, 0.15) is 23.0 Å². The van der Waals surface area contributed by atoms with Gasteiger partial charge in [0.05, 0.1) is 37.1 Å². The molecule has 4 heterocycles. The summed E-state index contributed by atoms with van der Waals surface area (Å²) in [6, 6.07) is 9.94. The number of nitrogens with zero attached hydrogens (tertiary/aromatic N) is 4. The first-order valence-electron chi connectivity index (χ1n) is 9.63. The van der Waals surface area contributed by atoms with Gasteiger partial charge in [0.25, 0.3) is 0 Å². The fourth-order valence-corrected chi connectivity index (χ4v) is 3.65. The second-order valence-corrected chi connectivity index (χ2v) is 7.03. The number of carbonyl (C=O) groups is 1. The van der Waals surface area contributed by atoms with Crippen LogP contribution in [0.15, 0.2) is 48.9 Å². The van der Waals surface area contributed by atoms with E-state index in [1.165, 1.54) is 0 Å². The molecule has 4 rings (SSSR count). The second-order valence-electron chi connectivity index (χ2n) is 7.03. The monoisotopic (exact) mass is 379 g/mol. The Kier molecular flexibility index (Phi) is 5.64. The van der Waals surface area contributed by atoms with Crippen molar-refractivity contribution in [3.63, 3.8) is 0 Å². The molecule has 1 aliphatic heterocycles. The van der Waals surface area contributed by atoms with Crippen molar-refractivity contribution in [1.29, 1.82) is 0 Å². The van der Waals surface area contributed by atoms with E-state index in [2.05, 4.69) is 20.2 Å². The fourth-order valence-electron chi connectivity index (χ4n) is 3.65. The third-order valence-corrected chi connectivity index (χ3v) is 5.16. The molecule has 7 heteroatoms. The van der Waals surface area contributed by atoms with Crippen molar-refractivity contribution in [3.05, 3.63) is 65.9 Å². The topological polar surface area (TPSA) is 71.8 Å². The van der Waals surface area contributed by atoms with Crippen LogP contribution < -0.4 is 5.32 Å². The molecule has 0 saturated carbocycles. The number of aromatic nitrogens is 3. The van der Waals surface area contributed by atoms with Gasteiger partial charge in [0, 0.05) is 38.2 Å². The van der Waals surface area contributed by atoms with E-state index in [1.54, 1.807) is 12.4 Å². The Morgan fingerprint density at radius 2 is 2.07 bits per heavy atom. The standard InChI is InChI=1S/C21H25N5O2/c1-16-5-4-8-26-17(14-24-21(16)26)13-20(27)23-15-19(18-6-2-3-7-22-18)25-9-11-28-12-10-25/h2-8,14,19H,9-13,15H2,1H3,(H,23,27)/t19-/m1/s1. The molecule has 0 unspecified atom stereocenters. The molecule has 7 nitrogen and oxygen atoms in total. The number of ether oxygens (including phenoxy) is 1. The maximum atomic E-state index is 12.6. The summed E-state index contributed by atoms with van der Waals surface area (Å²) in [6.07, 6.45) is 5.82. The number of hydrogen-bond donors (Lipinski definition) is 1. The Labute approximate surface area is 164 Å². The predicted molar refractivity (Wildman–Crippen MR) is 106 cm³/mol. The maximum absolute atomic E-state index is 12.6. The minimum absolute atomic E-state index is 0.0162. The highest BCUT2D eigenvalue weighted by Crippen LogP contribution is 2.19. The van der Waals surface area contributed by atoms with E-state index < -0.39 is 0 Å². The van der Waals surface area contributed by atoms with Crippen LogP contribution in [-0.2, 0) is 16.0 Å². The lowest BCUT2D eigenvalue weighted by atomic mass is 10.1. The van der Waals surface area contributed by atoms with E-state index in [9.17, 15) is 4.79 Å². The van der Waals surface area contributed by atoms with E-state index >= 15 is 0 Å². The molecule has 1 saturated heterocycles. The average Bonchev–Trinajstić information content (AvgIpc) is 3.14. The number of nitrogens with one attached hydrogen (secondary N) is 1. The summed E-state index contributed by atoms with van der Waals surface area (Å²) in [5, 5.41) is 3.09. The summed E-state index contributed by atoms with van der Waals surface area (Å²) in [5.41, 5.74) is 3.84. The van der Waals surface area contributed by atoms with Crippen molar-refractivity contribution in [2.75, 3.05) is 32.8 Å². The molecule has 1 atom stereocenters. The Hall–Kier alpha value is -2.77. The van der Waals surface area contributed by atoms with Crippen LogP contribution in [0.5, 0.6) is 0 Å². The highest BCUT2D eigenvalue weighted by Gasteiger charge is 2.24. The zero-order chi connectivity index (χ0) is 19.3. The lowest BCUT2D eigenvalue weighted by molar-refractivity contribution is -0.120. The van der Waals surface area contributed by atoms with Gasteiger partial charge in [0.2, 0.25) is 5.91 Å². The van der Waals surface area contributed by atoms with E-state index in [-0.39, 0.29) is 11.9 Å². The lowest BCUT2D eigenvalue weighted by Crippen LogP contribution is -2.44. The predicted octanol–water partition coefficient (Wildman–Crippen LogP) is 1.77. The van der Waals surface area contributed by atoms with Crippen molar-refractivity contribution in [2.24, 2.45) is 0 Å². The van der Waals surface area contributed by atoms with Gasteiger partial charge in [-0.3, -0.25) is 14.7 Å². The third-order valence-electron chi connectivity index (χ3n) is 5.16. The van der Waals surface area contributed by atoms with Gasteiger partial charge >= 0.3 is 0 Å².